The molecule has 1 aromatic heterocycles. The highest BCUT2D eigenvalue weighted by molar-refractivity contribution is 4.94. The molecule has 0 spiro atoms. The van der Waals surface area contributed by atoms with Gasteiger partial charge >= 0.3 is 0 Å². The van der Waals surface area contributed by atoms with Crippen molar-refractivity contribution in [2.45, 2.75) is 64.8 Å². The van der Waals surface area contributed by atoms with Crippen molar-refractivity contribution in [3.05, 3.63) is 11.7 Å². The molecule has 5 heteroatoms. The van der Waals surface area contributed by atoms with E-state index >= 15 is 0 Å². The maximum absolute atomic E-state index is 5.40. The van der Waals surface area contributed by atoms with Crippen LogP contribution in [-0.2, 0) is 6.42 Å². The number of hydrogen-bond acceptors (Lipinski definition) is 5. The highest BCUT2D eigenvalue weighted by atomic mass is 16.5. The summed E-state index contributed by atoms with van der Waals surface area (Å²) >= 11 is 0. The molecule has 0 aliphatic carbocycles. The number of aryl methyl sites for hydroxylation is 1. The van der Waals surface area contributed by atoms with Gasteiger partial charge in [-0.1, -0.05) is 44.2 Å². The summed E-state index contributed by atoms with van der Waals surface area (Å²) in [5.41, 5.74) is 0. The number of aromatic nitrogens is 2. The highest BCUT2D eigenvalue weighted by Gasteiger charge is 2.22. The fourth-order valence-electron chi connectivity index (χ4n) is 2.83. The molecule has 1 fully saturated rings. The maximum atomic E-state index is 5.40. The van der Waals surface area contributed by atoms with Gasteiger partial charge in [0.15, 0.2) is 5.82 Å². The zero-order valence-corrected chi connectivity index (χ0v) is 13.6. The molecule has 5 nitrogen and oxygen atoms in total. The first-order chi connectivity index (χ1) is 10.3. The maximum Gasteiger partial charge on any atom is 0.226 e. The summed E-state index contributed by atoms with van der Waals surface area (Å²) in [6.45, 7) is 8.63. The van der Waals surface area contributed by atoms with Crippen molar-refractivity contribution in [3.63, 3.8) is 0 Å². The zero-order valence-electron chi connectivity index (χ0n) is 13.6. The second-order valence-electron chi connectivity index (χ2n) is 6.03. The normalized spacial score (nSPS) is 18.0. The Morgan fingerprint density at radius 1 is 1.14 bits per heavy atom. The molecule has 2 heterocycles. The third kappa shape index (κ3) is 5.40. The van der Waals surface area contributed by atoms with Crippen molar-refractivity contribution in [1.29, 1.82) is 0 Å². The van der Waals surface area contributed by atoms with Crippen LogP contribution in [0.4, 0.5) is 0 Å². The lowest BCUT2D eigenvalue weighted by atomic mass is 10.1. The van der Waals surface area contributed by atoms with Crippen LogP contribution in [0.1, 0.15) is 70.1 Å². The second kappa shape index (κ2) is 9.15. The first-order valence-corrected chi connectivity index (χ1v) is 8.58. The number of hydrogen-bond donors (Lipinski definition) is 1. The van der Waals surface area contributed by atoms with Gasteiger partial charge in [0.1, 0.15) is 0 Å². The molecule has 1 aliphatic rings. The second-order valence-corrected chi connectivity index (χ2v) is 6.03. The quantitative estimate of drug-likeness (QED) is 0.710. The van der Waals surface area contributed by atoms with Crippen LogP contribution in [0.15, 0.2) is 4.52 Å². The fourth-order valence-corrected chi connectivity index (χ4v) is 2.83. The van der Waals surface area contributed by atoms with Crippen molar-refractivity contribution < 1.29 is 4.52 Å². The SMILES string of the molecule is CCCCCCCCc1nc(C(C)N2CCNCC2)no1. The van der Waals surface area contributed by atoms with Crippen molar-refractivity contribution in [2.75, 3.05) is 26.2 Å². The van der Waals surface area contributed by atoms with E-state index in [2.05, 4.69) is 34.2 Å². The average Bonchev–Trinajstić information content (AvgIpc) is 3.00. The van der Waals surface area contributed by atoms with E-state index in [0.717, 1.165) is 50.7 Å². The summed E-state index contributed by atoms with van der Waals surface area (Å²) < 4.78 is 5.40. The van der Waals surface area contributed by atoms with Crippen molar-refractivity contribution >= 4 is 0 Å². The Kier molecular flexibility index (Phi) is 7.16. The Bertz CT molecular complexity index is 387. The van der Waals surface area contributed by atoms with Crippen LogP contribution >= 0.6 is 0 Å². The first kappa shape index (κ1) is 16.4. The van der Waals surface area contributed by atoms with Gasteiger partial charge in [-0.3, -0.25) is 4.90 Å². The van der Waals surface area contributed by atoms with E-state index in [1.54, 1.807) is 0 Å². The van der Waals surface area contributed by atoms with E-state index < -0.39 is 0 Å². The van der Waals surface area contributed by atoms with Gasteiger partial charge in [-0.05, 0) is 13.3 Å². The van der Waals surface area contributed by atoms with E-state index in [-0.39, 0.29) is 6.04 Å². The lowest BCUT2D eigenvalue weighted by Crippen LogP contribution is -2.44. The van der Waals surface area contributed by atoms with Crippen molar-refractivity contribution in [1.82, 2.24) is 20.4 Å². The Balaban J connectivity index is 1.70. The molecule has 1 N–H and O–H groups in total. The predicted molar refractivity (Wildman–Crippen MR) is 84.2 cm³/mol. The van der Waals surface area contributed by atoms with Crippen LogP contribution in [0, 0.1) is 0 Å². The van der Waals surface area contributed by atoms with Crippen LogP contribution in [-0.4, -0.2) is 41.2 Å². The van der Waals surface area contributed by atoms with Gasteiger partial charge in [-0.2, -0.15) is 4.98 Å². The van der Waals surface area contributed by atoms with E-state index in [4.69, 9.17) is 4.52 Å². The van der Waals surface area contributed by atoms with Gasteiger partial charge in [-0.25, -0.2) is 0 Å². The minimum absolute atomic E-state index is 0.258. The van der Waals surface area contributed by atoms with Gasteiger partial charge < -0.3 is 9.84 Å². The summed E-state index contributed by atoms with van der Waals surface area (Å²) in [5.74, 6) is 1.65. The molecule has 1 aliphatic heterocycles. The molecule has 1 aromatic rings. The first-order valence-electron chi connectivity index (χ1n) is 8.58. The predicted octanol–water partition coefficient (Wildman–Crippen LogP) is 2.94. The van der Waals surface area contributed by atoms with Crippen molar-refractivity contribution in [2.24, 2.45) is 0 Å². The molecule has 0 bridgehead atoms. The standard InChI is InChI=1S/C16H30N4O/c1-3-4-5-6-7-8-9-15-18-16(19-21-15)14(2)20-12-10-17-11-13-20/h14,17H,3-13H2,1-2H3. The Morgan fingerprint density at radius 2 is 1.86 bits per heavy atom. The summed E-state index contributed by atoms with van der Waals surface area (Å²) in [4.78, 5) is 6.99. The number of piperazine rings is 1. The molecule has 1 unspecified atom stereocenters. The Morgan fingerprint density at radius 3 is 2.62 bits per heavy atom. The van der Waals surface area contributed by atoms with Gasteiger partial charge in [0.25, 0.3) is 0 Å². The monoisotopic (exact) mass is 294 g/mol. The largest absolute Gasteiger partial charge is 0.339 e. The summed E-state index contributed by atoms with van der Waals surface area (Å²) in [6.07, 6.45) is 8.69. The number of unbranched alkanes of at least 4 members (excludes halogenated alkanes) is 5. The summed E-state index contributed by atoms with van der Waals surface area (Å²) in [6, 6.07) is 0.258. The molecule has 0 aromatic carbocycles. The van der Waals surface area contributed by atoms with Gasteiger partial charge in [0.05, 0.1) is 6.04 Å². The number of rotatable bonds is 9. The van der Waals surface area contributed by atoms with Gasteiger partial charge in [0.2, 0.25) is 5.89 Å². The third-order valence-corrected chi connectivity index (χ3v) is 4.30. The zero-order chi connectivity index (χ0) is 14.9. The molecule has 1 saturated heterocycles. The molecular weight excluding hydrogens is 264 g/mol. The Labute approximate surface area is 128 Å². The molecular formula is C16H30N4O. The molecule has 0 radical (unpaired) electrons. The van der Waals surface area contributed by atoms with E-state index in [0.29, 0.717) is 0 Å². The lowest BCUT2D eigenvalue weighted by Gasteiger charge is -2.30. The van der Waals surface area contributed by atoms with Crippen LogP contribution in [0.3, 0.4) is 0 Å². The van der Waals surface area contributed by atoms with Crippen molar-refractivity contribution in [3.8, 4) is 0 Å². The molecule has 1 atom stereocenters. The van der Waals surface area contributed by atoms with Crippen LogP contribution in [0.5, 0.6) is 0 Å². The Hall–Kier alpha value is -0.940. The number of nitrogens with one attached hydrogen (secondary N) is 1. The fraction of sp³-hybridized carbons (Fsp3) is 0.875. The molecule has 0 amide bonds. The van der Waals surface area contributed by atoms with Crippen LogP contribution < -0.4 is 5.32 Å². The molecule has 21 heavy (non-hydrogen) atoms. The smallest absolute Gasteiger partial charge is 0.226 e. The minimum atomic E-state index is 0.258. The lowest BCUT2D eigenvalue weighted by molar-refractivity contribution is 0.176. The number of nitrogens with zero attached hydrogens (tertiary/aromatic N) is 3. The van der Waals surface area contributed by atoms with Crippen LogP contribution in [0.25, 0.3) is 0 Å². The molecule has 0 saturated carbocycles. The summed E-state index contributed by atoms with van der Waals surface area (Å²) in [5, 5.41) is 7.54. The molecule has 120 valence electrons. The third-order valence-electron chi connectivity index (χ3n) is 4.30. The van der Waals surface area contributed by atoms with Gasteiger partial charge in [-0.15, -0.1) is 0 Å². The van der Waals surface area contributed by atoms with Crippen LogP contribution in [0.2, 0.25) is 0 Å². The average molecular weight is 294 g/mol. The summed E-state index contributed by atoms with van der Waals surface area (Å²) in [7, 11) is 0. The highest BCUT2D eigenvalue weighted by Crippen LogP contribution is 2.18. The topological polar surface area (TPSA) is 54.2 Å². The van der Waals surface area contributed by atoms with E-state index in [1.807, 2.05) is 0 Å². The van der Waals surface area contributed by atoms with E-state index in [9.17, 15) is 0 Å². The molecule has 2 rings (SSSR count). The van der Waals surface area contributed by atoms with Gasteiger partial charge in [0, 0.05) is 32.6 Å². The van der Waals surface area contributed by atoms with E-state index in [1.165, 1.54) is 32.1 Å². The minimum Gasteiger partial charge on any atom is -0.339 e.